The van der Waals surface area contributed by atoms with E-state index in [2.05, 4.69) is 166 Å². The molecule has 0 aliphatic rings. The molecule has 1 nitrogen and oxygen atoms in total. The van der Waals surface area contributed by atoms with Crippen molar-refractivity contribution in [1.29, 1.82) is 0 Å². The van der Waals surface area contributed by atoms with E-state index in [0.717, 1.165) is 27.5 Å². The van der Waals surface area contributed by atoms with Crippen LogP contribution < -0.4 is 0 Å². The van der Waals surface area contributed by atoms with Gasteiger partial charge in [0.25, 0.3) is 0 Å². The lowest BCUT2D eigenvalue weighted by Gasteiger charge is -2.18. The van der Waals surface area contributed by atoms with Gasteiger partial charge in [0.1, 0.15) is 11.2 Å². The number of rotatable bonds is 6. The first kappa shape index (κ1) is 30.1. The molecule has 0 unspecified atom stereocenters. The fourth-order valence-electron chi connectivity index (χ4n) is 7.83. The van der Waals surface area contributed by atoms with Crippen molar-refractivity contribution in [3.63, 3.8) is 0 Å². The van der Waals surface area contributed by atoms with Crippen molar-refractivity contribution in [3.05, 3.63) is 175 Å². The van der Waals surface area contributed by atoms with Crippen LogP contribution in [0.4, 0.5) is 0 Å². The third-order valence-electron chi connectivity index (χ3n) is 9.95. The van der Waals surface area contributed by atoms with E-state index >= 15 is 0 Å². The molecule has 50 heavy (non-hydrogen) atoms. The highest BCUT2D eigenvalue weighted by Gasteiger charge is 2.23. The third kappa shape index (κ3) is 4.75. The van der Waals surface area contributed by atoms with Gasteiger partial charge in [0.2, 0.25) is 0 Å². The molecule has 0 amide bonds. The molecule has 0 aliphatic heterocycles. The van der Waals surface area contributed by atoms with Crippen LogP contribution in [0.3, 0.4) is 0 Å². The number of aryl methyl sites for hydroxylation is 1. The van der Waals surface area contributed by atoms with Crippen molar-refractivity contribution < 1.29 is 4.42 Å². The van der Waals surface area contributed by atoms with Gasteiger partial charge in [-0.15, -0.1) is 11.3 Å². The van der Waals surface area contributed by atoms with Crippen LogP contribution in [-0.4, -0.2) is 0 Å². The van der Waals surface area contributed by atoms with E-state index in [1.807, 2.05) is 23.5 Å². The number of benzene rings is 7. The predicted octanol–water partition coefficient (Wildman–Crippen LogP) is 14.5. The Morgan fingerprint density at radius 3 is 1.64 bits per heavy atom. The summed E-state index contributed by atoms with van der Waals surface area (Å²) in [6, 6.07) is 52.5. The number of para-hydroxylation sites is 2. The predicted molar refractivity (Wildman–Crippen MR) is 217 cm³/mol. The molecule has 0 atom stereocenters. The summed E-state index contributed by atoms with van der Waals surface area (Å²) in [5.41, 5.74) is 12.8. The van der Waals surface area contributed by atoms with Crippen molar-refractivity contribution in [2.75, 3.05) is 0 Å². The van der Waals surface area contributed by atoms with Crippen LogP contribution in [0, 0.1) is 6.92 Å². The van der Waals surface area contributed by atoms with E-state index in [1.54, 1.807) is 0 Å². The first-order valence-electron chi connectivity index (χ1n) is 17.1. The minimum atomic E-state index is 0.912. The zero-order valence-corrected chi connectivity index (χ0v) is 28.9. The molecule has 9 aromatic rings. The molecule has 2 heterocycles. The Morgan fingerprint density at radius 1 is 0.540 bits per heavy atom. The average molecular weight is 659 g/mol. The maximum absolute atomic E-state index is 6.56. The zero-order chi connectivity index (χ0) is 33.8. The van der Waals surface area contributed by atoms with Crippen molar-refractivity contribution in [2.45, 2.75) is 13.8 Å². The van der Waals surface area contributed by atoms with Crippen molar-refractivity contribution in [3.8, 4) is 43.8 Å². The number of hydrogen-bond acceptors (Lipinski definition) is 2. The lowest BCUT2D eigenvalue weighted by atomic mass is 9.85. The van der Waals surface area contributed by atoms with Crippen LogP contribution in [0.2, 0.25) is 0 Å². The molecule has 0 saturated carbocycles. The minimum absolute atomic E-state index is 0.912. The van der Waals surface area contributed by atoms with Gasteiger partial charge in [-0.3, -0.25) is 0 Å². The van der Waals surface area contributed by atoms with E-state index < -0.39 is 0 Å². The Labute approximate surface area is 296 Å². The van der Waals surface area contributed by atoms with Crippen LogP contribution in [0.25, 0.3) is 92.9 Å². The number of fused-ring (bicyclic) bond motifs is 5. The molecule has 0 bridgehead atoms. The Bertz CT molecular complexity index is 2720. The monoisotopic (exact) mass is 658 g/mol. The molecular weight excluding hydrogens is 625 g/mol. The van der Waals surface area contributed by atoms with Gasteiger partial charge in [-0.25, -0.2) is 0 Å². The van der Waals surface area contributed by atoms with E-state index in [4.69, 9.17) is 4.42 Å². The second kappa shape index (κ2) is 12.2. The number of hydrogen-bond donors (Lipinski definition) is 0. The second-order valence-corrected chi connectivity index (χ2v) is 14.1. The zero-order valence-electron chi connectivity index (χ0n) is 28.0. The van der Waals surface area contributed by atoms with Gasteiger partial charge in [-0.1, -0.05) is 152 Å². The SMILES string of the molecule is C=C/C=C(/C)c1c(C)sc(-c2cccc3c2oc2ccccc23)c1-c1ccc(-c2c3ccccc3c(-c3ccccc3)c3ccccc23)cc1. The largest absolute Gasteiger partial charge is 0.455 e. The van der Waals surface area contributed by atoms with Crippen molar-refractivity contribution >= 4 is 60.4 Å². The van der Waals surface area contributed by atoms with E-state index in [0.29, 0.717) is 0 Å². The standard InChI is InChI=1S/C48H34OS/c1-4-15-30(2)43-31(3)50-48(41-24-14-23-40-35-18-12-13-25-42(35)49-47(40)41)46(43)34-28-26-33(27-29-34)45-38-21-10-8-19-36(38)44(32-16-6-5-7-17-32)37-20-9-11-22-39(37)45/h4-29H,1H2,2-3H3/b30-15-. The molecule has 7 aromatic carbocycles. The summed E-state index contributed by atoms with van der Waals surface area (Å²) >= 11 is 1.84. The molecule has 2 aromatic heterocycles. The fourth-order valence-corrected chi connectivity index (χ4v) is 9.09. The fraction of sp³-hybridized carbons (Fsp3) is 0.0417. The maximum Gasteiger partial charge on any atom is 0.144 e. The molecule has 0 radical (unpaired) electrons. The summed E-state index contributed by atoms with van der Waals surface area (Å²) < 4.78 is 6.56. The number of thiophene rings is 1. The summed E-state index contributed by atoms with van der Waals surface area (Å²) in [6.45, 7) is 8.44. The first-order chi connectivity index (χ1) is 24.6. The van der Waals surface area contributed by atoms with E-state index in [-0.39, 0.29) is 0 Å². The number of allylic oxidation sites excluding steroid dienone is 3. The third-order valence-corrected chi connectivity index (χ3v) is 11.1. The lowest BCUT2D eigenvalue weighted by molar-refractivity contribution is 0.670. The molecule has 9 rings (SSSR count). The normalized spacial score (nSPS) is 12.0. The minimum Gasteiger partial charge on any atom is -0.455 e. The topological polar surface area (TPSA) is 13.1 Å². The van der Waals surface area contributed by atoms with E-state index in [9.17, 15) is 0 Å². The average Bonchev–Trinajstić information content (AvgIpc) is 3.72. The van der Waals surface area contributed by atoms with Gasteiger partial charge < -0.3 is 4.42 Å². The smallest absolute Gasteiger partial charge is 0.144 e. The summed E-state index contributed by atoms with van der Waals surface area (Å²) in [6.07, 6.45) is 4.00. The van der Waals surface area contributed by atoms with Gasteiger partial charge in [0.05, 0.1) is 0 Å². The molecule has 0 fully saturated rings. The Hall–Kier alpha value is -5.96. The van der Waals surface area contributed by atoms with Gasteiger partial charge in [0, 0.05) is 31.7 Å². The van der Waals surface area contributed by atoms with Gasteiger partial charge in [-0.2, -0.15) is 0 Å². The van der Waals surface area contributed by atoms with Gasteiger partial charge in [-0.05, 0) is 86.5 Å². The van der Waals surface area contributed by atoms with Crippen LogP contribution in [-0.2, 0) is 0 Å². The second-order valence-electron chi connectivity index (χ2n) is 12.9. The molecular formula is C48H34OS. The first-order valence-corrected chi connectivity index (χ1v) is 17.9. The maximum atomic E-state index is 6.56. The highest BCUT2D eigenvalue weighted by molar-refractivity contribution is 7.16. The molecule has 2 heteroatoms. The lowest BCUT2D eigenvalue weighted by Crippen LogP contribution is -1.91. The van der Waals surface area contributed by atoms with Crippen LogP contribution in [0.1, 0.15) is 17.4 Å². The Balaban J connectivity index is 1.27. The van der Waals surface area contributed by atoms with Gasteiger partial charge >= 0.3 is 0 Å². The van der Waals surface area contributed by atoms with Gasteiger partial charge in [0.15, 0.2) is 0 Å². The van der Waals surface area contributed by atoms with E-state index in [1.165, 1.54) is 75.8 Å². The van der Waals surface area contributed by atoms with Crippen molar-refractivity contribution in [1.82, 2.24) is 0 Å². The molecule has 0 N–H and O–H groups in total. The quantitative estimate of drug-likeness (QED) is 0.128. The highest BCUT2D eigenvalue weighted by atomic mass is 32.1. The molecule has 0 spiro atoms. The summed E-state index contributed by atoms with van der Waals surface area (Å²) in [4.78, 5) is 2.49. The van der Waals surface area contributed by atoms with Crippen molar-refractivity contribution in [2.24, 2.45) is 0 Å². The summed E-state index contributed by atoms with van der Waals surface area (Å²) in [5.74, 6) is 0. The molecule has 0 aliphatic carbocycles. The summed E-state index contributed by atoms with van der Waals surface area (Å²) in [7, 11) is 0. The molecule has 0 saturated heterocycles. The number of furan rings is 1. The summed E-state index contributed by atoms with van der Waals surface area (Å²) in [5, 5.41) is 7.32. The Kier molecular flexibility index (Phi) is 7.34. The van der Waals surface area contributed by atoms with Crippen LogP contribution in [0.15, 0.2) is 169 Å². The van der Waals surface area contributed by atoms with Crippen LogP contribution >= 0.6 is 11.3 Å². The Morgan fingerprint density at radius 2 is 1.04 bits per heavy atom. The molecule has 238 valence electrons. The highest BCUT2D eigenvalue weighted by Crippen LogP contribution is 2.49. The van der Waals surface area contributed by atoms with Crippen LogP contribution in [0.5, 0.6) is 0 Å².